The third-order valence-electron chi connectivity index (χ3n) is 3.97. The standard InChI is InChI=1S/C15H20F3N3O3S/c1-10-8-19-7-6-13(10)21-25(23,24)12-4-2-11(3-5-12)14(22)20-9-15(16,17)18/h2-5,10,13,19,21H,6-9H2,1H3,(H,20,22). The molecule has 6 nitrogen and oxygen atoms in total. The van der Waals surface area contributed by atoms with Gasteiger partial charge in [0.25, 0.3) is 5.91 Å². The monoisotopic (exact) mass is 379 g/mol. The van der Waals surface area contributed by atoms with Gasteiger partial charge in [-0.15, -0.1) is 0 Å². The highest BCUT2D eigenvalue weighted by Gasteiger charge is 2.28. The second-order valence-electron chi connectivity index (χ2n) is 6.02. The number of sulfonamides is 1. The number of halogens is 3. The minimum absolute atomic E-state index is 0.0365. The van der Waals surface area contributed by atoms with E-state index in [-0.39, 0.29) is 22.4 Å². The maximum atomic E-state index is 12.4. The fraction of sp³-hybridized carbons (Fsp3) is 0.533. The molecule has 0 radical (unpaired) electrons. The van der Waals surface area contributed by atoms with E-state index in [9.17, 15) is 26.4 Å². The first-order chi connectivity index (χ1) is 11.6. The van der Waals surface area contributed by atoms with Crippen LogP contribution in [0, 0.1) is 5.92 Å². The molecule has 140 valence electrons. The molecule has 0 spiro atoms. The van der Waals surface area contributed by atoms with E-state index in [4.69, 9.17) is 0 Å². The number of hydrogen-bond acceptors (Lipinski definition) is 4. The SMILES string of the molecule is CC1CNCCC1NS(=O)(=O)c1ccc(C(=O)NCC(F)(F)F)cc1. The topological polar surface area (TPSA) is 87.3 Å². The number of benzene rings is 1. The lowest BCUT2D eigenvalue weighted by Gasteiger charge is -2.29. The highest BCUT2D eigenvalue weighted by Crippen LogP contribution is 2.17. The van der Waals surface area contributed by atoms with Gasteiger partial charge in [0.05, 0.1) is 4.90 Å². The maximum absolute atomic E-state index is 12.4. The number of rotatable bonds is 5. The van der Waals surface area contributed by atoms with Crippen molar-refractivity contribution >= 4 is 15.9 Å². The van der Waals surface area contributed by atoms with E-state index in [0.29, 0.717) is 13.0 Å². The highest BCUT2D eigenvalue weighted by molar-refractivity contribution is 7.89. The molecule has 1 aromatic rings. The van der Waals surface area contributed by atoms with Crippen molar-refractivity contribution < 1.29 is 26.4 Å². The lowest BCUT2D eigenvalue weighted by atomic mass is 9.97. The van der Waals surface area contributed by atoms with Crippen LogP contribution < -0.4 is 15.4 Å². The summed E-state index contributed by atoms with van der Waals surface area (Å²) in [7, 11) is -3.76. The quantitative estimate of drug-likeness (QED) is 0.719. The number of amides is 1. The van der Waals surface area contributed by atoms with E-state index in [1.54, 1.807) is 5.32 Å². The first-order valence-electron chi connectivity index (χ1n) is 7.76. The van der Waals surface area contributed by atoms with E-state index in [2.05, 4.69) is 10.0 Å². The van der Waals surface area contributed by atoms with Crippen LogP contribution in [-0.4, -0.2) is 46.2 Å². The molecule has 0 aromatic heterocycles. The average molecular weight is 379 g/mol. The first kappa shape index (κ1) is 19.7. The lowest BCUT2D eigenvalue weighted by molar-refractivity contribution is -0.123. The van der Waals surface area contributed by atoms with Crippen LogP contribution >= 0.6 is 0 Å². The summed E-state index contributed by atoms with van der Waals surface area (Å²) in [5.41, 5.74) is -0.0431. The van der Waals surface area contributed by atoms with E-state index in [0.717, 1.165) is 6.54 Å². The molecular weight excluding hydrogens is 359 g/mol. The molecule has 2 unspecified atom stereocenters. The van der Waals surface area contributed by atoms with Crippen LogP contribution in [0.1, 0.15) is 23.7 Å². The van der Waals surface area contributed by atoms with Crippen molar-refractivity contribution in [3.8, 4) is 0 Å². The van der Waals surface area contributed by atoms with Crippen LogP contribution in [0.15, 0.2) is 29.2 Å². The minimum atomic E-state index is -4.51. The molecule has 3 N–H and O–H groups in total. The molecule has 2 atom stereocenters. The molecule has 1 aliphatic rings. The zero-order valence-electron chi connectivity index (χ0n) is 13.6. The third-order valence-corrected chi connectivity index (χ3v) is 5.47. The molecule has 1 aromatic carbocycles. The van der Waals surface area contributed by atoms with Crippen LogP contribution in [0.25, 0.3) is 0 Å². The number of carbonyl (C=O) groups excluding carboxylic acids is 1. The van der Waals surface area contributed by atoms with Crippen LogP contribution in [0.4, 0.5) is 13.2 Å². The highest BCUT2D eigenvalue weighted by atomic mass is 32.2. The molecule has 1 heterocycles. The zero-order valence-corrected chi connectivity index (χ0v) is 14.4. The molecule has 1 fully saturated rings. The summed E-state index contributed by atoms with van der Waals surface area (Å²) in [6, 6.07) is 4.59. The van der Waals surface area contributed by atoms with Gasteiger partial charge in [-0.05, 0) is 49.7 Å². The molecule has 1 amide bonds. The molecular formula is C15H20F3N3O3S. The predicted molar refractivity (Wildman–Crippen MR) is 85.6 cm³/mol. The Hall–Kier alpha value is -1.65. The number of nitrogens with one attached hydrogen (secondary N) is 3. The Morgan fingerprint density at radius 2 is 1.92 bits per heavy atom. The summed E-state index contributed by atoms with van der Waals surface area (Å²) in [6.07, 6.45) is -3.84. The maximum Gasteiger partial charge on any atom is 0.405 e. The fourth-order valence-electron chi connectivity index (χ4n) is 2.52. The Morgan fingerprint density at radius 3 is 2.48 bits per heavy atom. The molecule has 2 rings (SSSR count). The number of piperidine rings is 1. The Labute approximate surface area is 144 Å². The summed E-state index contributed by atoms with van der Waals surface area (Å²) in [4.78, 5) is 11.6. The van der Waals surface area contributed by atoms with E-state index >= 15 is 0 Å². The summed E-state index contributed by atoms with van der Waals surface area (Å²) in [5, 5.41) is 4.91. The van der Waals surface area contributed by atoms with Gasteiger partial charge in [-0.2, -0.15) is 13.2 Å². The second-order valence-corrected chi connectivity index (χ2v) is 7.73. The molecule has 25 heavy (non-hydrogen) atoms. The molecule has 1 saturated heterocycles. The van der Waals surface area contributed by atoms with Crippen LogP contribution in [0.3, 0.4) is 0 Å². The van der Waals surface area contributed by atoms with Gasteiger partial charge in [0, 0.05) is 11.6 Å². The van der Waals surface area contributed by atoms with E-state index in [1.165, 1.54) is 24.3 Å². The average Bonchev–Trinajstić information content (AvgIpc) is 2.54. The number of alkyl halides is 3. The first-order valence-corrected chi connectivity index (χ1v) is 9.25. The van der Waals surface area contributed by atoms with Crippen molar-refractivity contribution in [3.05, 3.63) is 29.8 Å². The summed E-state index contributed by atoms with van der Waals surface area (Å²) in [5.74, 6) is -0.780. The van der Waals surface area contributed by atoms with Crippen molar-refractivity contribution in [2.24, 2.45) is 5.92 Å². The lowest BCUT2D eigenvalue weighted by Crippen LogP contribution is -2.48. The Morgan fingerprint density at radius 1 is 1.28 bits per heavy atom. The normalized spacial score (nSPS) is 21.8. The molecule has 0 bridgehead atoms. The summed E-state index contributed by atoms with van der Waals surface area (Å²) >= 11 is 0. The van der Waals surface area contributed by atoms with Crippen LogP contribution in [0.5, 0.6) is 0 Å². The molecule has 0 saturated carbocycles. The van der Waals surface area contributed by atoms with Crippen molar-refractivity contribution in [3.63, 3.8) is 0 Å². The van der Waals surface area contributed by atoms with Gasteiger partial charge in [0.15, 0.2) is 0 Å². The van der Waals surface area contributed by atoms with E-state index in [1.807, 2.05) is 6.92 Å². The van der Waals surface area contributed by atoms with Gasteiger partial charge in [-0.25, -0.2) is 13.1 Å². The van der Waals surface area contributed by atoms with Crippen molar-refractivity contribution in [2.75, 3.05) is 19.6 Å². The Balaban J connectivity index is 2.04. The zero-order chi connectivity index (χ0) is 18.7. The Bertz CT molecular complexity index is 705. The van der Waals surface area contributed by atoms with Gasteiger partial charge < -0.3 is 10.6 Å². The largest absolute Gasteiger partial charge is 0.405 e. The van der Waals surface area contributed by atoms with E-state index < -0.39 is 28.7 Å². The van der Waals surface area contributed by atoms with Gasteiger partial charge in [-0.1, -0.05) is 6.92 Å². The smallest absolute Gasteiger partial charge is 0.343 e. The van der Waals surface area contributed by atoms with Crippen LogP contribution in [0.2, 0.25) is 0 Å². The van der Waals surface area contributed by atoms with Crippen LogP contribution in [-0.2, 0) is 10.0 Å². The third kappa shape index (κ3) is 5.68. The summed E-state index contributed by atoms with van der Waals surface area (Å²) in [6.45, 7) is 1.93. The van der Waals surface area contributed by atoms with Crippen molar-refractivity contribution in [2.45, 2.75) is 30.5 Å². The van der Waals surface area contributed by atoms with Gasteiger partial charge in [0.1, 0.15) is 6.54 Å². The minimum Gasteiger partial charge on any atom is -0.343 e. The van der Waals surface area contributed by atoms with Crippen molar-refractivity contribution in [1.29, 1.82) is 0 Å². The number of carbonyl (C=O) groups is 1. The predicted octanol–water partition coefficient (Wildman–Crippen LogP) is 1.25. The van der Waals surface area contributed by atoms with Gasteiger partial charge in [-0.3, -0.25) is 4.79 Å². The second kappa shape index (κ2) is 7.71. The number of hydrogen-bond donors (Lipinski definition) is 3. The molecule has 1 aliphatic heterocycles. The Kier molecular flexibility index (Phi) is 6.07. The van der Waals surface area contributed by atoms with Gasteiger partial charge in [0.2, 0.25) is 10.0 Å². The molecule has 0 aliphatic carbocycles. The fourth-order valence-corrected chi connectivity index (χ4v) is 3.90. The van der Waals surface area contributed by atoms with Crippen molar-refractivity contribution in [1.82, 2.24) is 15.4 Å². The summed E-state index contributed by atoms with van der Waals surface area (Å²) < 4.78 is 63.7. The molecule has 10 heteroatoms. The van der Waals surface area contributed by atoms with Gasteiger partial charge >= 0.3 is 6.18 Å².